The number of unbranched alkanes of at least 4 members (excludes halogenated alkanes) is 2. The van der Waals surface area contributed by atoms with Crippen LogP contribution < -0.4 is 21.1 Å². The number of ether oxygens (including phenoxy) is 1. The Morgan fingerprint density at radius 1 is 1.02 bits per heavy atom. The number of likely N-dealkylation sites (N-methyl/N-ethyl adjacent to an activating group) is 1. The van der Waals surface area contributed by atoms with Gasteiger partial charge in [-0.2, -0.15) is 0 Å². The summed E-state index contributed by atoms with van der Waals surface area (Å²) in [5.74, 6) is 0.146. The van der Waals surface area contributed by atoms with Gasteiger partial charge in [-0.05, 0) is 74.8 Å². The molecular weight excluding hydrogens is 665 g/mol. The lowest BCUT2D eigenvalue weighted by atomic mass is 10.0. The molecule has 10 nitrogen and oxygen atoms in total. The van der Waals surface area contributed by atoms with E-state index < -0.39 is 0 Å². The summed E-state index contributed by atoms with van der Waals surface area (Å²) >= 11 is 12.3. The highest BCUT2D eigenvalue weighted by Crippen LogP contribution is 2.30. The van der Waals surface area contributed by atoms with Crippen molar-refractivity contribution >= 4 is 58.0 Å². The number of fused-ring (bicyclic) bond motifs is 1. The van der Waals surface area contributed by atoms with Crippen LogP contribution in [0.15, 0.2) is 60.7 Å². The molecule has 0 saturated heterocycles. The van der Waals surface area contributed by atoms with Gasteiger partial charge in [-0.15, -0.1) is 0 Å². The van der Waals surface area contributed by atoms with E-state index in [1.54, 1.807) is 41.3 Å². The summed E-state index contributed by atoms with van der Waals surface area (Å²) in [6.07, 6.45) is 2.42. The molecule has 0 radical (unpaired) electrons. The molecule has 1 aliphatic rings. The molecule has 5 N–H and O–H groups in total. The van der Waals surface area contributed by atoms with E-state index in [9.17, 15) is 19.5 Å². The van der Waals surface area contributed by atoms with Gasteiger partial charge in [0, 0.05) is 49.6 Å². The summed E-state index contributed by atoms with van der Waals surface area (Å²) in [6, 6.07) is 17.7. The Morgan fingerprint density at radius 2 is 1.73 bits per heavy atom. The average Bonchev–Trinajstić information content (AvgIpc) is 3.10. The lowest BCUT2D eigenvalue weighted by Crippen LogP contribution is -2.47. The van der Waals surface area contributed by atoms with E-state index in [2.05, 4.69) is 15.5 Å². The fourth-order valence-electron chi connectivity index (χ4n) is 5.84. The van der Waals surface area contributed by atoms with Crippen LogP contribution in [0.4, 0.5) is 17.1 Å². The van der Waals surface area contributed by atoms with Crippen molar-refractivity contribution in [1.82, 2.24) is 9.80 Å². The van der Waals surface area contributed by atoms with E-state index in [-0.39, 0.29) is 48.8 Å². The minimum absolute atomic E-state index is 0.0536. The molecule has 12 heteroatoms. The van der Waals surface area contributed by atoms with Gasteiger partial charge in [-0.25, -0.2) is 0 Å². The lowest BCUT2D eigenvalue weighted by Gasteiger charge is -2.34. The number of nitrogens with one attached hydrogen (secondary N) is 2. The number of nitrogens with zero attached hydrogens (tertiary/aromatic N) is 2. The molecule has 0 saturated carbocycles. The molecule has 4 rings (SSSR count). The maximum Gasteiger partial charge on any atom is 0.227 e. The van der Waals surface area contributed by atoms with Crippen LogP contribution in [0.1, 0.15) is 57.1 Å². The normalized spacial score (nSPS) is 17.0. The van der Waals surface area contributed by atoms with Crippen LogP contribution in [0.5, 0.6) is 5.75 Å². The van der Waals surface area contributed by atoms with Gasteiger partial charge in [-0.3, -0.25) is 19.3 Å². The predicted octanol–water partition coefficient (Wildman–Crippen LogP) is 6.38. The Balaban J connectivity index is 1.37. The molecule has 1 aliphatic heterocycles. The van der Waals surface area contributed by atoms with Gasteiger partial charge >= 0.3 is 0 Å². The number of aliphatic hydroxyl groups excluding tert-OH is 1. The number of nitrogen functional groups attached to an aromatic ring is 1. The van der Waals surface area contributed by atoms with Gasteiger partial charge in [0.05, 0.1) is 40.5 Å². The first-order valence-corrected chi connectivity index (χ1v) is 17.5. The molecule has 3 atom stereocenters. The Bertz CT molecular complexity index is 1610. The van der Waals surface area contributed by atoms with Gasteiger partial charge < -0.3 is 31.1 Å². The Kier molecular flexibility index (Phi) is 14.1. The summed E-state index contributed by atoms with van der Waals surface area (Å²) in [6.45, 7) is 5.33. The monoisotopic (exact) mass is 711 g/mol. The standard InChI is InChI=1S/C37H47Cl2N5O5/c1-24-20-44(25(2)23-45)37(48)19-27-18-28(41-35(46)11-5-4-6-12-36(47)42-32-10-8-7-9-31(32)40)14-16-33(27)49-34(24)22-43(3)21-26-13-15-29(38)30(39)17-26/h7-10,13-18,24-25,34,45H,4-6,11-12,19-23,40H2,1-3H3,(H,41,46)(H,42,47)/t24-,25+,34-/m0/s1. The highest BCUT2D eigenvalue weighted by molar-refractivity contribution is 6.42. The molecule has 1 heterocycles. The summed E-state index contributed by atoms with van der Waals surface area (Å²) in [7, 11) is 2.00. The molecule has 3 amide bonds. The molecule has 0 fully saturated rings. The highest BCUT2D eigenvalue weighted by atomic mass is 35.5. The second-order valence-corrected chi connectivity index (χ2v) is 13.7. The van der Waals surface area contributed by atoms with Gasteiger partial charge in [0.2, 0.25) is 17.7 Å². The number of hydrogen-bond acceptors (Lipinski definition) is 7. The number of carbonyl (C=O) groups excluding carboxylic acids is 3. The summed E-state index contributed by atoms with van der Waals surface area (Å²) in [5.41, 5.74) is 9.25. The van der Waals surface area contributed by atoms with Crippen molar-refractivity contribution in [3.05, 3.63) is 81.8 Å². The Hall–Kier alpha value is -3.83. The fraction of sp³-hybridized carbons (Fsp3) is 0.432. The average molecular weight is 713 g/mol. The third kappa shape index (κ3) is 11.4. The molecule has 3 aromatic rings. The maximum absolute atomic E-state index is 13.6. The van der Waals surface area contributed by atoms with Crippen molar-refractivity contribution in [2.75, 3.05) is 43.1 Å². The minimum atomic E-state index is -0.364. The quantitative estimate of drug-likeness (QED) is 0.112. The van der Waals surface area contributed by atoms with Crippen LogP contribution in [0, 0.1) is 5.92 Å². The number of rotatable bonds is 14. The van der Waals surface area contributed by atoms with Gasteiger partial charge in [0.15, 0.2) is 0 Å². The zero-order valence-electron chi connectivity index (χ0n) is 28.4. The lowest BCUT2D eigenvalue weighted by molar-refractivity contribution is -0.134. The number of anilines is 3. The van der Waals surface area contributed by atoms with Crippen LogP contribution in [0.3, 0.4) is 0 Å². The van der Waals surface area contributed by atoms with E-state index in [0.717, 1.165) is 12.0 Å². The van der Waals surface area contributed by atoms with Gasteiger partial charge in [0.25, 0.3) is 0 Å². The topological polar surface area (TPSA) is 137 Å². The number of nitrogens with two attached hydrogens (primary N) is 1. The Labute approximate surface area is 298 Å². The van der Waals surface area contributed by atoms with E-state index in [0.29, 0.717) is 83.7 Å². The molecule has 0 unspecified atom stereocenters. The summed E-state index contributed by atoms with van der Waals surface area (Å²) < 4.78 is 6.62. The van der Waals surface area contributed by atoms with Crippen molar-refractivity contribution in [2.45, 2.75) is 71.1 Å². The van der Waals surface area contributed by atoms with Crippen LogP contribution in [0.2, 0.25) is 10.0 Å². The van der Waals surface area contributed by atoms with Crippen molar-refractivity contribution < 1.29 is 24.2 Å². The van der Waals surface area contributed by atoms with E-state index in [1.165, 1.54) is 0 Å². The second kappa shape index (κ2) is 18.2. The third-order valence-electron chi connectivity index (χ3n) is 8.67. The number of amides is 3. The first-order chi connectivity index (χ1) is 23.4. The largest absolute Gasteiger partial charge is 0.488 e. The maximum atomic E-state index is 13.6. The van der Waals surface area contributed by atoms with E-state index in [4.69, 9.17) is 33.7 Å². The van der Waals surface area contributed by atoms with Crippen molar-refractivity contribution in [3.8, 4) is 5.75 Å². The van der Waals surface area contributed by atoms with Gasteiger partial charge in [-0.1, -0.05) is 54.7 Å². The van der Waals surface area contributed by atoms with Crippen LogP contribution in [-0.2, 0) is 27.3 Å². The van der Waals surface area contributed by atoms with Gasteiger partial charge in [0.1, 0.15) is 11.9 Å². The van der Waals surface area contributed by atoms with Crippen molar-refractivity contribution in [1.29, 1.82) is 0 Å². The number of para-hydroxylation sites is 2. The van der Waals surface area contributed by atoms with Crippen LogP contribution >= 0.6 is 23.2 Å². The minimum Gasteiger partial charge on any atom is -0.488 e. The van der Waals surface area contributed by atoms with E-state index >= 15 is 0 Å². The number of hydrogen-bond donors (Lipinski definition) is 4. The second-order valence-electron chi connectivity index (χ2n) is 12.9. The Morgan fingerprint density at radius 3 is 2.43 bits per heavy atom. The molecule has 0 spiro atoms. The molecular formula is C37H47Cl2N5O5. The zero-order valence-corrected chi connectivity index (χ0v) is 29.9. The van der Waals surface area contributed by atoms with Crippen molar-refractivity contribution in [2.24, 2.45) is 5.92 Å². The predicted molar refractivity (Wildman–Crippen MR) is 196 cm³/mol. The molecule has 264 valence electrons. The molecule has 3 aromatic carbocycles. The molecule has 0 aliphatic carbocycles. The zero-order chi connectivity index (χ0) is 35.5. The molecule has 0 bridgehead atoms. The smallest absolute Gasteiger partial charge is 0.227 e. The number of benzene rings is 3. The van der Waals surface area contributed by atoms with E-state index in [1.807, 2.05) is 45.2 Å². The highest BCUT2D eigenvalue weighted by Gasteiger charge is 2.31. The summed E-state index contributed by atoms with van der Waals surface area (Å²) in [4.78, 5) is 42.5. The third-order valence-corrected chi connectivity index (χ3v) is 9.41. The fourth-order valence-corrected chi connectivity index (χ4v) is 6.16. The van der Waals surface area contributed by atoms with Crippen LogP contribution in [0.25, 0.3) is 0 Å². The summed E-state index contributed by atoms with van der Waals surface area (Å²) in [5, 5.41) is 16.7. The molecule has 0 aromatic heterocycles. The molecule has 49 heavy (non-hydrogen) atoms. The van der Waals surface area contributed by atoms with Crippen molar-refractivity contribution in [3.63, 3.8) is 0 Å². The SMILES string of the molecule is C[C@H](CO)N1C[C@H](C)[C@H](CN(C)Cc2ccc(Cl)c(Cl)c2)Oc2ccc(NC(=O)CCCCCC(=O)Nc3ccccc3N)cc2CC1=O. The number of aliphatic hydroxyl groups is 1. The number of halogens is 2. The van der Waals surface area contributed by atoms with Crippen LogP contribution in [-0.4, -0.2) is 71.5 Å². The first kappa shape index (κ1) is 38.0. The first-order valence-electron chi connectivity index (χ1n) is 16.7. The number of carbonyl (C=O) groups is 3.